The van der Waals surface area contributed by atoms with E-state index in [1.54, 1.807) is 0 Å². The van der Waals surface area contributed by atoms with E-state index in [2.05, 4.69) is 24.3 Å². The largest absolute Gasteiger partial charge is 0.444 e. The molecule has 1 aliphatic heterocycles. The number of hydrogen-bond donors (Lipinski definition) is 0. The standard InChI is InChI=1S/C20H29NO2/c1-20(2,3)23-19(22)21-12-11-16(13-15-9-10-15)14-18(21)17-7-5-4-6-8-17/h4-8,15-16,18H,9-14H2,1-3H3/t16-,18-/m0/s1. The van der Waals surface area contributed by atoms with Crippen molar-refractivity contribution in [3.8, 4) is 0 Å². The zero-order chi connectivity index (χ0) is 16.4. The second-order valence-electron chi connectivity index (χ2n) is 8.17. The molecule has 1 amide bonds. The highest BCUT2D eigenvalue weighted by Crippen LogP contribution is 2.42. The van der Waals surface area contributed by atoms with Crippen LogP contribution in [-0.2, 0) is 4.74 Å². The molecule has 2 aliphatic rings. The molecule has 1 aliphatic carbocycles. The lowest BCUT2D eigenvalue weighted by atomic mass is 9.84. The summed E-state index contributed by atoms with van der Waals surface area (Å²) in [5.41, 5.74) is 0.794. The zero-order valence-corrected chi connectivity index (χ0v) is 14.6. The lowest BCUT2D eigenvalue weighted by molar-refractivity contribution is 0.00340. The Labute approximate surface area is 140 Å². The van der Waals surface area contributed by atoms with E-state index < -0.39 is 5.60 Å². The number of rotatable bonds is 3. The summed E-state index contributed by atoms with van der Waals surface area (Å²) in [5, 5.41) is 0. The Kier molecular flexibility index (Phi) is 4.65. The molecular formula is C20H29NO2. The minimum atomic E-state index is -0.441. The summed E-state index contributed by atoms with van der Waals surface area (Å²) in [6.45, 7) is 6.61. The van der Waals surface area contributed by atoms with E-state index in [-0.39, 0.29) is 12.1 Å². The van der Waals surface area contributed by atoms with Gasteiger partial charge in [0.2, 0.25) is 0 Å². The molecule has 1 heterocycles. The molecule has 0 bridgehead atoms. The third-order valence-corrected chi connectivity index (χ3v) is 4.89. The molecule has 23 heavy (non-hydrogen) atoms. The van der Waals surface area contributed by atoms with Gasteiger partial charge in [0.25, 0.3) is 0 Å². The van der Waals surface area contributed by atoms with Crippen molar-refractivity contribution in [3.63, 3.8) is 0 Å². The fourth-order valence-electron chi connectivity index (χ4n) is 3.61. The summed E-state index contributed by atoms with van der Waals surface area (Å²) >= 11 is 0. The van der Waals surface area contributed by atoms with Crippen molar-refractivity contribution in [1.82, 2.24) is 4.90 Å². The van der Waals surface area contributed by atoms with Crippen LogP contribution >= 0.6 is 0 Å². The Morgan fingerprint density at radius 2 is 1.83 bits per heavy atom. The van der Waals surface area contributed by atoms with Crippen molar-refractivity contribution in [2.24, 2.45) is 11.8 Å². The van der Waals surface area contributed by atoms with Crippen LogP contribution in [0.5, 0.6) is 0 Å². The van der Waals surface area contributed by atoms with Crippen LogP contribution < -0.4 is 0 Å². The van der Waals surface area contributed by atoms with Gasteiger partial charge in [-0.1, -0.05) is 43.2 Å². The molecule has 0 radical (unpaired) electrons. The molecule has 0 aromatic heterocycles. The van der Waals surface area contributed by atoms with E-state index in [1.807, 2.05) is 31.7 Å². The van der Waals surface area contributed by atoms with Crippen molar-refractivity contribution in [1.29, 1.82) is 0 Å². The fraction of sp³-hybridized carbons (Fsp3) is 0.650. The van der Waals surface area contributed by atoms with E-state index in [1.165, 1.54) is 24.8 Å². The number of benzene rings is 1. The third-order valence-electron chi connectivity index (χ3n) is 4.89. The first-order valence-electron chi connectivity index (χ1n) is 8.97. The first kappa shape index (κ1) is 16.4. The number of likely N-dealkylation sites (tertiary alicyclic amines) is 1. The van der Waals surface area contributed by atoms with Crippen molar-refractivity contribution in [2.75, 3.05) is 6.54 Å². The first-order chi connectivity index (χ1) is 10.9. The highest BCUT2D eigenvalue weighted by molar-refractivity contribution is 5.69. The van der Waals surface area contributed by atoms with Gasteiger partial charge in [0, 0.05) is 6.54 Å². The van der Waals surface area contributed by atoms with E-state index in [4.69, 9.17) is 4.74 Å². The summed E-state index contributed by atoms with van der Waals surface area (Å²) in [5.74, 6) is 1.69. The molecule has 3 rings (SSSR count). The molecule has 126 valence electrons. The van der Waals surface area contributed by atoms with Crippen LogP contribution in [0.3, 0.4) is 0 Å². The molecule has 0 unspecified atom stereocenters. The number of piperidine rings is 1. The van der Waals surface area contributed by atoms with Crippen molar-refractivity contribution in [2.45, 2.75) is 64.5 Å². The van der Waals surface area contributed by atoms with Gasteiger partial charge in [-0.25, -0.2) is 4.79 Å². The molecule has 1 aromatic carbocycles. The van der Waals surface area contributed by atoms with E-state index in [0.717, 1.165) is 31.2 Å². The van der Waals surface area contributed by atoms with Gasteiger partial charge in [0.1, 0.15) is 5.60 Å². The Bertz CT molecular complexity index is 530. The monoisotopic (exact) mass is 315 g/mol. The van der Waals surface area contributed by atoms with E-state index in [0.29, 0.717) is 0 Å². The van der Waals surface area contributed by atoms with Crippen LogP contribution in [0, 0.1) is 11.8 Å². The summed E-state index contributed by atoms with van der Waals surface area (Å²) in [6.07, 6.45) is 6.16. The quantitative estimate of drug-likeness (QED) is 0.769. The van der Waals surface area contributed by atoms with Gasteiger partial charge >= 0.3 is 6.09 Å². The third kappa shape index (κ3) is 4.49. The van der Waals surface area contributed by atoms with E-state index in [9.17, 15) is 4.79 Å². The molecule has 0 spiro atoms. The Morgan fingerprint density at radius 1 is 1.13 bits per heavy atom. The molecule has 3 nitrogen and oxygen atoms in total. The molecule has 1 saturated carbocycles. The topological polar surface area (TPSA) is 29.5 Å². The number of carbonyl (C=O) groups excluding carboxylic acids is 1. The summed E-state index contributed by atoms with van der Waals surface area (Å²) in [6, 6.07) is 10.6. The SMILES string of the molecule is CC(C)(C)OC(=O)N1CC[C@@H](CC2CC2)C[C@H]1c1ccccc1. The number of hydrogen-bond acceptors (Lipinski definition) is 2. The summed E-state index contributed by atoms with van der Waals surface area (Å²) < 4.78 is 5.64. The maximum atomic E-state index is 12.6. The molecular weight excluding hydrogens is 286 g/mol. The van der Waals surface area contributed by atoms with Crippen LogP contribution in [0.1, 0.15) is 64.5 Å². The maximum absolute atomic E-state index is 12.6. The lowest BCUT2D eigenvalue weighted by Crippen LogP contribution is -2.43. The molecule has 2 fully saturated rings. The number of amides is 1. The second kappa shape index (κ2) is 6.54. The maximum Gasteiger partial charge on any atom is 0.410 e. The second-order valence-corrected chi connectivity index (χ2v) is 8.17. The van der Waals surface area contributed by atoms with Gasteiger partial charge in [-0.3, -0.25) is 0 Å². The van der Waals surface area contributed by atoms with Crippen LogP contribution in [0.15, 0.2) is 30.3 Å². The predicted octanol–water partition coefficient (Wildman–Crippen LogP) is 5.17. The molecule has 2 atom stereocenters. The molecule has 0 N–H and O–H groups in total. The normalized spacial score (nSPS) is 25.3. The Hall–Kier alpha value is -1.51. The summed E-state index contributed by atoms with van der Waals surface area (Å²) in [4.78, 5) is 14.6. The van der Waals surface area contributed by atoms with Crippen molar-refractivity contribution in [3.05, 3.63) is 35.9 Å². The molecule has 3 heteroatoms. The van der Waals surface area contributed by atoms with Crippen LogP contribution in [0.2, 0.25) is 0 Å². The molecule has 1 saturated heterocycles. The van der Waals surface area contributed by atoms with Gasteiger partial charge < -0.3 is 9.64 Å². The van der Waals surface area contributed by atoms with Gasteiger partial charge in [0.15, 0.2) is 0 Å². The zero-order valence-electron chi connectivity index (χ0n) is 14.6. The average molecular weight is 315 g/mol. The minimum absolute atomic E-state index is 0.156. The van der Waals surface area contributed by atoms with Crippen molar-refractivity contribution >= 4 is 6.09 Å². The van der Waals surface area contributed by atoms with Crippen molar-refractivity contribution < 1.29 is 9.53 Å². The lowest BCUT2D eigenvalue weighted by Gasteiger charge is -2.40. The Balaban J connectivity index is 1.75. The fourth-order valence-corrected chi connectivity index (χ4v) is 3.61. The Morgan fingerprint density at radius 3 is 2.43 bits per heavy atom. The number of nitrogens with zero attached hydrogens (tertiary/aromatic N) is 1. The van der Waals surface area contributed by atoms with Gasteiger partial charge in [-0.05, 0) is 57.4 Å². The van der Waals surface area contributed by atoms with E-state index >= 15 is 0 Å². The summed E-state index contributed by atoms with van der Waals surface area (Å²) in [7, 11) is 0. The highest BCUT2D eigenvalue weighted by atomic mass is 16.6. The smallest absolute Gasteiger partial charge is 0.410 e. The van der Waals surface area contributed by atoms with Gasteiger partial charge in [-0.2, -0.15) is 0 Å². The highest BCUT2D eigenvalue weighted by Gasteiger charge is 2.37. The average Bonchev–Trinajstić information content (AvgIpc) is 3.30. The predicted molar refractivity (Wildman–Crippen MR) is 92.2 cm³/mol. The number of carbonyl (C=O) groups is 1. The van der Waals surface area contributed by atoms with Crippen LogP contribution in [-0.4, -0.2) is 23.1 Å². The van der Waals surface area contributed by atoms with Crippen LogP contribution in [0.4, 0.5) is 4.79 Å². The first-order valence-corrected chi connectivity index (χ1v) is 8.97. The molecule has 1 aromatic rings. The van der Waals surface area contributed by atoms with Crippen LogP contribution in [0.25, 0.3) is 0 Å². The van der Waals surface area contributed by atoms with Gasteiger partial charge in [0.05, 0.1) is 6.04 Å². The number of ether oxygens (including phenoxy) is 1. The minimum Gasteiger partial charge on any atom is -0.444 e. The van der Waals surface area contributed by atoms with Gasteiger partial charge in [-0.15, -0.1) is 0 Å².